The number of aromatic hydroxyl groups is 1. The van der Waals surface area contributed by atoms with E-state index in [9.17, 15) is 22.3 Å². The summed E-state index contributed by atoms with van der Waals surface area (Å²) in [6, 6.07) is 13.2. The number of allylic oxidation sites excluding steroid dienone is 1. The molecule has 0 unspecified atom stereocenters. The minimum atomic E-state index is -4.01. The lowest BCUT2D eigenvalue weighted by molar-refractivity contribution is -0.567. The molecular formula is C23H22F2N3O3S+. The van der Waals surface area contributed by atoms with Gasteiger partial charge in [0.2, 0.25) is 10.0 Å². The minimum absolute atomic E-state index is 0.0916. The van der Waals surface area contributed by atoms with Crippen LogP contribution < -0.4 is 14.6 Å². The molecule has 9 heteroatoms. The number of pyridine rings is 1. The third-order valence-electron chi connectivity index (χ3n) is 5.14. The van der Waals surface area contributed by atoms with Gasteiger partial charge in [0.25, 0.3) is 5.82 Å². The molecular weight excluding hydrogens is 436 g/mol. The van der Waals surface area contributed by atoms with Crippen molar-refractivity contribution in [3.8, 4) is 16.9 Å². The smallest absolute Gasteiger partial charge is 0.280 e. The number of rotatable bonds is 8. The first-order valence-electron chi connectivity index (χ1n) is 10.0. The van der Waals surface area contributed by atoms with Crippen LogP contribution in [0.4, 0.5) is 14.6 Å². The molecule has 3 N–H and O–H groups in total. The number of sulfonamides is 1. The fourth-order valence-corrected chi connectivity index (χ4v) is 4.64. The van der Waals surface area contributed by atoms with E-state index >= 15 is 0 Å². The number of halogens is 2. The number of benzene rings is 2. The molecule has 1 aliphatic rings. The van der Waals surface area contributed by atoms with Crippen molar-refractivity contribution in [3.63, 3.8) is 0 Å². The Morgan fingerprint density at radius 1 is 1.00 bits per heavy atom. The molecule has 0 radical (unpaired) electrons. The standard InChI is InChI=1S/C23H21F2N3O3S/c1-15-14-28-21(15)9-16(20-5-2-3-6-22(20)29)10-23(28)26-7-4-8-27-32(30,31)19-12-17(24)11-18(25)13-19/h2-3,5-6,9-14,27H,4,7-8H2,1H3,(H,26,29)/p+1. The van der Waals surface area contributed by atoms with Gasteiger partial charge in [0, 0.05) is 29.8 Å². The topological polar surface area (TPSA) is 82.3 Å². The zero-order valence-corrected chi connectivity index (χ0v) is 18.1. The van der Waals surface area contributed by atoms with Crippen LogP contribution in [0.1, 0.15) is 19.0 Å². The summed E-state index contributed by atoms with van der Waals surface area (Å²) >= 11 is 0. The number of nitrogens with one attached hydrogen (secondary N) is 2. The van der Waals surface area contributed by atoms with E-state index in [0.717, 1.165) is 34.8 Å². The molecule has 0 saturated carbocycles. The average Bonchev–Trinajstić information content (AvgIpc) is 2.73. The number of para-hydroxylation sites is 1. The van der Waals surface area contributed by atoms with Gasteiger partial charge in [-0.3, -0.25) is 5.32 Å². The normalized spacial score (nSPS) is 12.7. The average molecular weight is 459 g/mol. The highest BCUT2D eigenvalue weighted by Crippen LogP contribution is 2.33. The summed E-state index contributed by atoms with van der Waals surface area (Å²) in [5.41, 5.74) is 3.70. The first-order chi connectivity index (χ1) is 15.2. The Bertz CT molecular complexity index is 1300. The fourth-order valence-electron chi connectivity index (χ4n) is 3.53. The molecule has 1 aromatic heterocycles. The van der Waals surface area contributed by atoms with Gasteiger partial charge in [-0.15, -0.1) is 0 Å². The molecule has 1 aliphatic heterocycles. The van der Waals surface area contributed by atoms with Crippen molar-refractivity contribution in [2.24, 2.45) is 0 Å². The Morgan fingerprint density at radius 3 is 2.41 bits per heavy atom. The quantitative estimate of drug-likeness (QED) is 0.355. The predicted molar refractivity (Wildman–Crippen MR) is 118 cm³/mol. The number of fused-ring (bicyclic) bond motifs is 1. The van der Waals surface area contributed by atoms with Crippen LogP contribution in [-0.4, -0.2) is 26.6 Å². The van der Waals surface area contributed by atoms with Gasteiger partial charge in [-0.2, -0.15) is 4.57 Å². The summed E-state index contributed by atoms with van der Waals surface area (Å²) in [5.74, 6) is -0.905. The van der Waals surface area contributed by atoms with Gasteiger partial charge in [-0.1, -0.05) is 18.2 Å². The van der Waals surface area contributed by atoms with Crippen LogP contribution in [0.15, 0.2) is 59.5 Å². The molecule has 3 aromatic rings. The Morgan fingerprint density at radius 2 is 1.72 bits per heavy atom. The molecule has 6 nitrogen and oxygen atoms in total. The van der Waals surface area contributed by atoms with Crippen LogP contribution in [0, 0.1) is 11.6 Å². The molecule has 0 spiro atoms. The van der Waals surface area contributed by atoms with Crippen LogP contribution in [0.25, 0.3) is 22.9 Å². The maximum absolute atomic E-state index is 13.3. The first kappa shape index (κ1) is 21.9. The number of hydrogen-bond acceptors (Lipinski definition) is 4. The molecule has 0 aliphatic carbocycles. The van der Waals surface area contributed by atoms with E-state index in [0.29, 0.717) is 24.6 Å². The summed E-state index contributed by atoms with van der Waals surface area (Å²) < 4.78 is 55.4. The number of aromatic nitrogens is 1. The summed E-state index contributed by atoms with van der Waals surface area (Å²) in [7, 11) is -4.01. The predicted octanol–water partition coefficient (Wildman–Crippen LogP) is 3.74. The molecule has 2 heterocycles. The van der Waals surface area contributed by atoms with Gasteiger partial charge in [-0.05, 0) is 43.2 Å². The Hall–Kier alpha value is -3.30. The van der Waals surface area contributed by atoms with Crippen LogP contribution in [0.3, 0.4) is 0 Å². The molecule has 32 heavy (non-hydrogen) atoms. The maximum atomic E-state index is 13.3. The van der Waals surface area contributed by atoms with Crippen LogP contribution in [-0.2, 0) is 10.0 Å². The van der Waals surface area contributed by atoms with Crippen molar-refractivity contribution in [3.05, 3.63) is 71.9 Å². The van der Waals surface area contributed by atoms with Gasteiger partial charge < -0.3 is 5.11 Å². The second-order valence-corrected chi connectivity index (χ2v) is 9.26. The molecule has 2 aromatic carbocycles. The minimum Gasteiger partial charge on any atom is -0.507 e. The zero-order chi connectivity index (χ0) is 22.9. The van der Waals surface area contributed by atoms with Gasteiger partial charge in [0.15, 0.2) is 0 Å². The fraction of sp³-hybridized carbons (Fsp3) is 0.174. The first-order valence-corrected chi connectivity index (χ1v) is 11.5. The van der Waals surface area contributed by atoms with Crippen molar-refractivity contribution in [2.75, 3.05) is 18.4 Å². The second-order valence-electron chi connectivity index (χ2n) is 7.50. The van der Waals surface area contributed by atoms with Crippen molar-refractivity contribution in [1.82, 2.24) is 4.72 Å². The van der Waals surface area contributed by atoms with E-state index in [4.69, 9.17) is 0 Å². The third kappa shape index (κ3) is 4.49. The van der Waals surface area contributed by atoms with E-state index < -0.39 is 26.6 Å². The monoisotopic (exact) mass is 458 g/mol. The Balaban J connectivity index is 1.41. The summed E-state index contributed by atoms with van der Waals surface area (Å²) in [4.78, 5) is -0.448. The maximum Gasteiger partial charge on any atom is 0.280 e. The molecule has 4 rings (SSSR count). The van der Waals surface area contributed by atoms with Gasteiger partial charge in [0.05, 0.1) is 11.4 Å². The van der Waals surface area contributed by atoms with Gasteiger partial charge in [0.1, 0.15) is 29.3 Å². The molecule has 0 bridgehead atoms. The van der Waals surface area contributed by atoms with Crippen molar-refractivity contribution < 1.29 is 26.9 Å². The Labute approximate surface area is 184 Å². The molecule has 0 atom stereocenters. The van der Waals surface area contributed by atoms with Crippen LogP contribution in [0.2, 0.25) is 0 Å². The lowest BCUT2D eigenvalue weighted by atomic mass is 10.00. The molecule has 0 fully saturated rings. The number of nitrogens with zero attached hydrogens (tertiary/aromatic N) is 1. The number of phenols is 1. The van der Waals surface area contributed by atoms with E-state index in [-0.39, 0.29) is 12.3 Å². The van der Waals surface area contributed by atoms with Crippen molar-refractivity contribution in [2.45, 2.75) is 18.2 Å². The highest BCUT2D eigenvalue weighted by atomic mass is 32.2. The lowest BCUT2D eigenvalue weighted by Crippen LogP contribution is -2.41. The largest absolute Gasteiger partial charge is 0.507 e. The highest BCUT2D eigenvalue weighted by molar-refractivity contribution is 7.89. The second kappa shape index (κ2) is 8.68. The van der Waals surface area contributed by atoms with E-state index in [1.165, 1.54) is 0 Å². The summed E-state index contributed by atoms with van der Waals surface area (Å²) in [6.45, 7) is 2.54. The zero-order valence-electron chi connectivity index (χ0n) is 17.3. The molecule has 0 saturated heterocycles. The number of anilines is 1. The van der Waals surface area contributed by atoms with Crippen LogP contribution in [0.5, 0.6) is 5.75 Å². The van der Waals surface area contributed by atoms with E-state index in [1.54, 1.807) is 12.1 Å². The molecule has 166 valence electrons. The summed E-state index contributed by atoms with van der Waals surface area (Å²) in [6.07, 6.45) is 2.42. The van der Waals surface area contributed by atoms with Crippen molar-refractivity contribution >= 4 is 27.6 Å². The molecule has 0 amide bonds. The van der Waals surface area contributed by atoms with Gasteiger partial charge >= 0.3 is 0 Å². The van der Waals surface area contributed by atoms with Crippen LogP contribution >= 0.6 is 0 Å². The van der Waals surface area contributed by atoms with Gasteiger partial charge in [-0.25, -0.2) is 21.9 Å². The lowest BCUT2D eigenvalue weighted by Gasteiger charge is -2.18. The van der Waals surface area contributed by atoms with E-state index in [2.05, 4.69) is 10.0 Å². The highest BCUT2D eigenvalue weighted by Gasteiger charge is 2.24. The third-order valence-corrected chi connectivity index (χ3v) is 6.58. The Kier molecular flexibility index (Phi) is 5.94. The number of phenolic OH excluding ortho intramolecular Hbond substituents is 1. The van der Waals surface area contributed by atoms with E-state index in [1.807, 2.05) is 42.0 Å². The summed E-state index contributed by atoms with van der Waals surface area (Å²) in [5, 5.41) is 13.5. The van der Waals surface area contributed by atoms with Crippen molar-refractivity contribution in [1.29, 1.82) is 0 Å². The number of hydrogen-bond donors (Lipinski definition) is 3. The SMILES string of the molecule is CC1=C[n+]2c(NCCCNS(=O)(=O)c3cc(F)cc(F)c3)cc(-c3ccccc3O)cc21.